The van der Waals surface area contributed by atoms with Gasteiger partial charge in [-0.25, -0.2) is 9.83 Å². The number of carboxylic acid groups (broad SMARTS) is 1. The van der Waals surface area contributed by atoms with Gasteiger partial charge in [-0.1, -0.05) is 19.1 Å². The Morgan fingerprint density at radius 2 is 2.03 bits per heavy atom. The molecular weight excluding hydrogens is 446 g/mol. The minimum Gasteiger partial charge on any atom is -0.497 e. The van der Waals surface area contributed by atoms with Crippen LogP contribution in [-0.4, -0.2) is 40.1 Å². The third-order valence-corrected chi connectivity index (χ3v) is 5.95. The molecule has 3 aromatic rings. The van der Waals surface area contributed by atoms with Crippen molar-refractivity contribution in [3.63, 3.8) is 0 Å². The number of ketones is 1. The van der Waals surface area contributed by atoms with E-state index in [0.29, 0.717) is 41.9 Å². The molecule has 0 saturated heterocycles. The second kappa shape index (κ2) is 12.1. The normalized spacial score (nSPS) is 11.8. The number of aryl methyl sites for hydroxylation is 1. The van der Waals surface area contributed by atoms with Gasteiger partial charge in [0.15, 0.2) is 5.78 Å². The molecule has 0 radical (unpaired) electrons. The number of fused-ring (bicyclic) bond motifs is 1. The highest BCUT2D eigenvalue weighted by atomic mass is 16.5. The van der Waals surface area contributed by atoms with E-state index in [0.717, 1.165) is 29.8 Å². The smallest absolute Gasteiger partial charge is 0.303 e. The van der Waals surface area contributed by atoms with Crippen LogP contribution in [0.1, 0.15) is 54.2 Å². The zero-order valence-corrected chi connectivity index (χ0v) is 20.4. The van der Waals surface area contributed by atoms with Gasteiger partial charge >= 0.3 is 5.97 Å². The molecule has 1 unspecified atom stereocenters. The molecule has 1 N–H and O–H groups in total. The van der Waals surface area contributed by atoms with E-state index in [2.05, 4.69) is 9.83 Å². The van der Waals surface area contributed by atoms with Crippen molar-refractivity contribution < 1.29 is 24.2 Å². The number of aromatic nitrogens is 2. The number of pyridine rings is 1. The van der Waals surface area contributed by atoms with Gasteiger partial charge in [0.2, 0.25) is 5.69 Å². The van der Waals surface area contributed by atoms with Gasteiger partial charge in [0.05, 0.1) is 20.3 Å². The summed E-state index contributed by atoms with van der Waals surface area (Å²) in [6.45, 7) is 10.2. The average Bonchev–Trinajstić information content (AvgIpc) is 3.11. The lowest BCUT2D eigenvalue weighted by atomic mass is 9.94. The Morgan fingerprint density at radius 1 is 1.23 bits per heavy atom. The molecule has 0 saturated carbocycles. The van der Waals surface area contributed by atoms with Crippen molar-refractivity contribution in [3.8, 4) is 5.75 Å². The Morgan fingerprint density at radius 3 is 2.74 bits per heavy atom. The molecule has 0 fully saturated rings. The lowest BCUT2D eigenvalue weighted by Gasteiger charge is -2.11. The molecule has 0 aliphatic rings. The van der Waals surface area contributed by atoms with Gasteiger partial charge in [0.25, 0.3) is 0 Å². The average molecular weight is 478 g/mol. The molecule has 0 aliphatic carbocycles. The summed E-state index contributed by atoms with van der Waals surface area (Å²) in [6.07, 6.45) is 3.84. The maximum Gasteiger partial charge on any atom is 0.303 e. The molecule has 3 rings (SSSR count). The number of benzene rings is 1. The number of methoxy groups -OCH3 is 1. The molecule has 184 valence electrons. The van der Waals surface area contributed by atoms with E-state index in [1.165, 1.54) is 6.20 Å². The van der Waals surface area contributed by atoms with E-state index in [9.17, 15) is 9.59 Å². The molecule has 35 heavy (non-hydrogen) atoms. The van der Waals surface area contributed by atoms with E-state index >= 15 is 0 Å². The Kier molecular flexibility index (Phi) is 8.98. The third-order valence-electron chi connectivity index (χ3n) is 5.95. The van der Waals surface area contributed by atoms with Crippen LogP contribution >= 0.6 is 0 Å². The fourth-order valence-corrected chi connectivity index (χ4v) is 4.25. The number of hydrogen-bond donors (Lipinski definition) is 1. The fourth-order valence-electron chi connectivity index (χ4n) is 4.25. The van der Waals surface area contributed by atoms with Gasteiger partial charge < -0.3 is 19.1 Å². The standard InChI is InChI=1S/C27H31N3O5/c1-18(13-25(32)33)12-24(31)26-22-15-20(28-2)16-29-27(22)30(3)23(26)10-5-6-11-35-17-19-8-7-9-21(14-19)34-4/h7-9,14-16,18H,5-6,10-13,17H2,1,3-4H3,(H,32,33). The zero-order chi connectivity index (χ0) is 25.4. The fraction of sp³-hybridized carbons (Fsp3) is 0.407. The maximum absolute atomic E-state index is 13.3. The van der Waals surface area contributed by atoms with E-state index in [1.54, 1.807) is 20.1 Å². The predicted octanol–water partition coefficient (Wildman–Crippen LogP) is 5.36. The molecular formula is C27H31N3O5. The van der Waals surface area contributed by atoms with Crippen LogP contribution in [-0.2, 0) is 29.6 Å². The first-order valence-corrected chi connectivity index (χ1v) is 11.6. The van der Waals surface area contributed by atoms with Crippen molar-refractivity contribution in [1.82, 2.24) is 9.55 Å². The van der Waals surface area contributed by atoms with E-state index in [4.69, 9.17) is 21.2 Å². The molecule has 2 heterocycles. The van der Waals surface area contributed by atoms with Crippen molar-refractivity contribution in [2.45, 2.75) is 45.6 Å². The summed E-state index contributed by atoms with van der Waals surface area (Å²) in [4.78, 5) is 32.2. The Bertz CT molecular complexity index is 1240. The molecule has 8 heteroatoms. The van der Waals surface area contributed by atoms with Gasteiger partial charge in [-0.3, -0.25) is 9.59 Å². The van der Waals surface area contributed by atoms with Crippen LogP contribution in [0.3, 0.4) is 0 Å². The summed E-state index contributed by atoms with van der Waals surface area (Å²) in [5, 5.41) is 9.73. The van der Waals surface area contributed by atoms with Crippen molar-refractivity contribution in [3.05, 3.63) is 64.8 Å². The van der Waals surface area contributed by atoms with Crippen LogP contribution in [0, 0.1) is 12.5 Å². The summed E-state index contributed by atoms with van der Waals surface area (Å²) < 4.78 is 13.0. The number of carbonyl (C=O) groups excluding carboxylic acids is 1. The monoisotopic (exact) mass is 477 g/mol. The first-order valence-electron chi connectivity index (χ1n) is 11.6. The number of unbranched alkanes of at least 4 members (excludes halogenated alkanes) is 1. The zero-order valence-electron chi connectivity index (χ0n) is 20.4. The Hall–Kier alpha value is -3.70. The molecule has 8 nitrogen and oxygen atoms in total. The second-order valence-electron chi connectivity index (χ2n) is 8.75. The van der Waals surface area contributed by atoms with E-state index < -0.39 is 5.97 Å². The van der Waals surface area contributed by atoms with Crippen LogP contribution in [0.25, 0.3) is 15.9 Å². The Balaban J connectivity index is 1.70. The SMILES string of the molecule is [C-]#[N+]c1cnc2c(c1)c(C(=O)CC(C)CC(=O)O)c(CCCCOCc1cccc(OC)c1)n2C. The van der Waals surface area contributed by atoms with Crippen LogP contribution in [0.5, 0.6) is 5.75 Å². The van der Waals surface area contributed by atoms with Crippen molar-refractivity contribution in [1.29, 1.82) is 0 Å². The molecule has 2 aromatic heterocycles. The van der Waals surface area contributed by atoms with E-state index in [1.807, 2.05) is 35.9 Å². The number of Topliss-reactive ketones (excluding diaryl/α,β-unsaturated/α-hetero) is 1. The molecule has 0 spiro atoms. The van der Waals surface area contributed by atoms with Crippen LogP contribution in [0.2, 0.25) is 0 Å². The number of aliphatic carboxylic acids is 1. The highest BCUT2D eigenvalue weighted by Crippen LogP contribution is 2.30. The van der Waals surface area contributed by atoms with Crippen molar-refractivity contribution in [2.75, 3.05) is 13.7 Å². The predicted molar refractivity (Wildman–Crippen MR) is 133 cm³/mol. The van der Waals surface area contributed by atoms with E-state index in [-0.39, 0.29) is 24.5 Å². The minimum absolute atomic E-state index is 0.0674. The van der Waals surface area contributed by atoms with Gasteiger partial charge in [-0.2, -0.15) is 0 Å². The first kappa shape index (κ1) is 25.9. The van der Waals surface area contributed by atoms with Gasteiger partial charge in [-0.05, 0) is 48.9 Å². The number of ether oxygens (including phenoxy) is 2. The number of carboxylic acids is 1. The topological polar surface area (TPSA) is 95.0 Å². The number of nitrogens with zero attached hydrogens (tertiary/aromatic N) is 3. The first-order chi connectivity index (χ1) is 16.8. The van der Waals surface area contributed by atoms with Crippen LogP contribution in [0.4, 0.5) is 5.69 Å². The molecule has 0 bridgehead atoms. The van der Waals surface area contributed by atoms with Gasteiger partial charge in [0.1, 0.15) is 11.4 Å². The summed E-state index contributed by atoms with van der Waals surface area (Å²) in [6, 6.07) is 9.46. The van der Waals surface area contributed by atoms with Gasteiger partial charge in [0, 0.05) is 49.3 Å². The lowest BCUT2D eigenvalue weighted by Crippen LogP contribution is -2.12. The summed E-state index contributed by atoms with van der Waals surface area (Å²) >= 11 is 0. The summed E-state index contributed by atoms with van der Waals surface area (Å²) in [5.74, 6) is -0.524. The van der Waals surface area contributed by atoms with Crippen LogP contribution in [0.15, 0.2) is 36.5 Å². The van der Waals surface area contributed by atoms with Gasteiger partial charge in [-0.15, -0.1) is 0 Å². The van der Waals surface area contributed by atoms with Crippen LogP contribution < -0.4 is 4.74 Å². The van der Waals surface area contributed by atoms with Crippen molar-refractivity contribution >= 4 is 28.5 Å². The molecule has 0 aliphatic heterocycles. The lowest BCUT2D eigenvalue weighted by molar-refractivity contribution is -0.137. The summed E-state index contributed by atoms with van der Waals surface area (Å²) in [5.41, 5.74) is 3.47. The second-order valence-corrected chi connectivity index (χ2v) is 8.75. The third kappa shape index (κ3) is 6.67. The van der Waals surface area contributed by atoms with Crippen molar-refractivity contribution in [2.24, 2.45) is 13.0 Å². The highest BCUT2D eigenvalue weighted by molar-refractivity contribution is 6.09. The largest absolute Gasteiger partial charge is 0.497 e. The molecule has 0 amide bonds. The number of carbonyl (C=O) groups is 2. The molecule has 1 aromatic carbocycles. The number of hydrogen-bond acceptors (Lipinski definition) is 5. The maximum atomic E-state index is 13.3. The Labute approximate surface area is 205 Å². The summed E-state index contributed by atoms with van der Waals surface area (Å²) in [7, 11) is 3.51. The highest BCUT2D eigenvalue weighted by Gasteiger charge is 2.24. The number of rotatable bonds is 13. The minimum atomic E-state index is -0.922. The quantitative estimate of drug-likeness (QED) is 0.202. The molecule has 1 atom stereocenters.